The molecule has 47 heavy (non-hydrogen) atoms. The van der Waals surface area contributed by atoms with E-state index in [-0.39, 0.29) is 23.9 Å². The summed E-state index contributed by atoms with van der Waals surface area (Å²) in [4.78, 5) is 31.2. The van der Waals surface area contributed by atoms with Crippen molar-refractivity contribution < 1.29 is 33.3 Å². The van der Waals surface area contributed by atoms with Crippen molar-refractivity contribution in [2.75, 3.05) is 47.1 Å². The Labute approximate surface area is 279 Å². The van der Waals surface area contributed by atoms with Crippen LogP contribution in [-0.4, -0.2) is 86.6 Å². The first-order chi connectivity index (χ1) is 22.5. The Kier molecular flexibility index (Phi) is 12.5. The van der Waals surface area contributed by atoms with E-state index in [0.29, 0.717) is 62.8 Å². The first kappa shape index (κ1) is 35.6. The number of nitrogens with zero attached hydrogens (tertiary/aromatic N) is 2. The highest BCUT2D eigenvalue weighted by atomic mass is 16.6. The van der Waals surface area contributed by atoms with Crippen molar-refractivity contribution >= 4 is 12.0 Å². The van der Waals surface area contributed by atoms with Crippen LogP contribution in [0.2, 0.25) is 0 Å². The number of benzene rings is 3. The van der Waals surface area contributed by atoms with Gasteiger partial charge in [0.1, 0.15) is 11.4 Å². The SMILES string of the molecule is COCCCOc1cc(C(=O)N(C(C)C)C2CC(COc3cccc(-c4ccccc4)c3)CN(C(=O)OC(C)(C)C)C2)ccc1OC. The number of hydrogen-bond acceptors (Lipinski definition) is 7. The van der Waals surface area contributed by atoms with Gasteiger partial charge in [0.15, 0.2) is 11.5 Å². The molecule has 2 unspecified atom stereocenters. The van der Waals surface area contributed by atoms with Gasteiger partial charge in [-0.05, 0) is 82.5 Å². The molecule has 0 spiro atoms. The second kappa shape index (κ2) is 16.5. The quantitative estimate of drug-likeness (QED) is 0.180. The van der Waals surface area contributed by atoms with Gasteiger partial charge in [0, 0.05) is 50.8 Å². The molecular weight excluding hydrogens is 596 g/mol. The number of ether oxygens (including phenoxy) is 5. The number of amides is 2. The minimum absolute atomic E-state index is 0.0359. The van der Waals surface area contributed by atoms with E-state index >= 15 is 0 Å². The molecule has 1 aliphatic rings. The fraction of sp³-hybridized carbons (Fsp3) is 0.474. The highest BCUT2D eigenvalue weighted by Crippen LogP contribution is 2.32. The normalized spacial score (nSPS) is 16.5. The summed E-state index contributed by atoms with van der Waals surface area (Å²) in [6.45, 7) is 11.8. The van der Waals surface area contributed by atoms with Crippen molar-refractivity contribution in [3.05, 3.63) is 78.4 Å². The third-order valence-electron chi connectivity index (χ3n) is 7.94. The number of rotatable bonds is 13. The van der Waals surface area contributed by atoms with Gasteiger partial charge in [-0.1, -0.05) is 42.5 Å². The number of methoxy groups -OCH3 is 2. The maximum atomic E-state index is 14.2. The molecule has 3 aromatic rings. The lowest BCUT2D eigenvalue weighted by molar-refractivity contribution is -0.00552. The Morgan fingerprint density at radius 3 is 2.30 bits per heavy atom. The van der Waals surface area contributed by atoms with Crippen LogP contribution in [0.4, 0.5) is 4.79 Å². The van der Waals surface area contributed by atoms with Crippen LogP contribution in [0.3, 0.4) is 0 Å². The van der Waals surface area contributed by atoms with Crippen molar-refractivity contribution in [2.45, 2.75) is 65.1 Å². The highest BCUT2D eigenvalue weighted by molar-refractivity contribution is 5.95. The predicted molar refractivity (Wildman–Crippen MR) is 183 cm³/mol. The molecule has 0 N–H and O–H groups in total. The number of hydrogen-bond donors (Lipinski definition) is 0. The van der Waals surface area contributed by atoms with E-state index in [2.05, 4.69) is 18.2 Å². The standard InChI is InChI=1S/C38H50N2O7/c1-27(2)40(36(41)31-17-18-34(44-7)35(23-31)45-20-12-19-43-6)32-21-28(24-39(25-32)37(42)47-38(3,4)5)26-46-33-16-11-15-30(22-33)29-13-9-8-10-14-29/h8-11,13-18,22-23,27-28,32H,12,19-21,24-26H2,1-7H3. The molecule has 1 heterocycles. The third kappa shape index (κ3) is 10.1. The topological polar surface area (TPSA) is 86.8 Å². The van der Waals surface area contributed by atoms with Crippen LogP contribution in [0, 0.1) is 5.92 Å². The van der Waals surface area contributed by atoms with E-state index in [4.69, 9.17) is 23.7 Å². The summed E-state index contributed by atoms with van der Waals surface area (Å²) in [5.74, 6) is 1.63. The molecule has 0 aromatic heterocycles. The minimum atomic E-state index is -0.649. The summed E-state index contributed by atoms with van der Waals surface area (Å²) in [7, 11) is 3.22. The van der Waals surface area contributed by atoms with Crippen molar-refractivity contribution in [1.82, 2.24) is 9.80 Å². The summed E-state index contributed by atoms with van der Waals surface area (Å²) < 4.78 is 28.7. The Bertz CT molecular complexity index is 1450. The number of likely N-dealkylation sites (tertiary alicyclic amines) is 1. The summed E-state index contributed by atoms with van der Waals surface area (Å²) in [5.41, 5.74) is 2.02. The third-order valence-corrected chi connectivity index (χ3v) is 7.94. The Morgan fingerprint density at radius 1 is 0.872 bits per heavy atom. The molecule has 1 aliphatic heterocycles. The molecule has 3 aromatic carbocycles. The van der Waals surface area contributed by atoms with Gasteiger partial charge in [-0.3, -0.25) is 4.79 Å². The van der Waals surface area contributed by atoms with E-state index in [1.807, 2.05) is 75.9 Å². The molecule has 2 amide bonds. The zero-order chi connectivity index (χ0) is 34.0. The molecule has 1 fully saturated rings. The maximum Gasteiger partial charge on any atom is 0.410 e. The van der Waals surface area contributed by atoms with E-state index in [0.717, 1.165) is 16.9 Å². The molecule has 254 valence electrons. The summed E-state index contributed by atoms with van der Waals surface area (Å²) in [6, 6.07) is 23.0. The zero-order valence-electron chi connectivity index (χ0n) is 28.9. The number of carbonyl (C=O) groups excluding carboxylic acids is 2. The summed E-state index contributed by atoms with van der Waals surface area (Å²) >= 11 is 0. The van der Waals surface area contributed by atoms with E-state index < -0.39 is 11.7 Å². The van der Waals surface area contributed by atoms with Gasteiger partial charge >= 0.3 is 6.09 Å². The van der Waals surface area contributed by atoms with Gasteiger partial charge in [0.2, 0.25) is 0 Å². The molecule has 0 radical (unpaired) electrons. The highest BCUT2D eigenvalue weighted by Gasteiger charge is 2.38. The van der Waals surface area contributed by atoms with Gasteiger partial charge < -0.3 is 33.5 Å². The van der Waals surface area contributed by atoms with Crippen LogP contribution in [0.25, 0.3) is 11.1 Å². The van der Waals surface area contributed by atoms with Gasteiger partial charge in [0.05, 0.1) is 26.4 Å². The Balaban J connectivity index is 1.56. The van der Waals surface area contributed by atoms with Crippen LogP contribution >= 0.6 is 0 Å². The zero-order valence-corrected chi connectivity index (χ0v) is 28.9. The summed E-state index contributed by atoms with van der Waals surface area (Å²) in [5, 5.41) is 0. The summed E-state index contributed by atoms with van der Waals surface area (Å²) in [6.07, 6.45) is 0.974. The molecule has 2 atom stereocenters. The second-order valence-electron chi connectivity index (χ2n) is 13.2. The van der Waals surface area contributed by atoms with Gasteiger partial charge in [-0.2, -0.15) is 0 Å². The smallest absolute Gasteiger partial charge is 0.410 e. The molecule has 0 bridgehead atoms. The van der Waals surface area contributed by atoms with Gasteiger partial charge in [-0.15, -0.1) is 0 Å². The minimum Gasteiger partial charge on any atom is -0.493 e. The van der Waals surface area contributed by atoms with E-state index in [9.17, 15) is 9.59 Å². The van der Waals surface area contributed by atoms with Crippen LogP contribution in [0.15, 0.2) is 72.8 Å². The molecule has 4 rings (SSSR count). The van der Waals surface area contributed by atoms with Crippen molar-refractivity contribution in [3.63, 3.8) is 0 Å². The molecular formula is C38H50N2O7. The van der Waals surface area contributed by atoms with Crippen molar-refractivity contribution in [2.24, 2.45) is 5.92 Å². The van der Waals surface area contributed by atoms with Crippen LogP contribution in [-0.2, 0) is 9.47 Å². The monoisotopic (exact) mass is 646 g/mol. The largest absolute Gasteiger partial charge is 0.493 e. The first-order valence-electron chi connectivity index (χ1n) is 16.4. The first-order valence-corrected chi connectivity index (χ1v) is 16.4. The lowest BCUT2D eigenvalue weighted by Gasteiger charge is -2.44. The van der Waals surface area contributed by atoms with E-state index in [1.165, 1.54) is 0 Å². The van der Waals surface area contributed by atoms with Crippen LogP contribution < -0.4 is 14.2 Å². The van der Waals surface area contributed by atoms with E-state index in [1.54, 1.807) is 37.3 Å². The maximum absolute atomic E-state index is 14.2. The fourth-order valence-corrected chi connectivity index (χ4v) is 5.86. The Hall–Kier alpha value is -4.24. The van der Waals surface area contributed by atoms with Crippen molar-refractivity contribution in [3.8, 4) is 28.4 Å². The Morgan fingerprint density at radius 2 is 1.62 bits per heavy atom. The molecule has 9 heteroatoms. The van der Waals surface area contributed by atoms with Crippen LogP contribution in [0.1, 0.15) is 57.8 Å². The fourth-order valence-electron chi connectivity index (χ4n) is 5.86. The predicted octanol–water partition coefficient (Wildman–Crippen LogP) is 7.33. The van der Waals surface area contributed by atoms with Gasteiger partial charge in [0.25, 0.3) is 5.91 Å². The molecule has 0 saturated carbocycles. The lowest BCUT2D eigenvalue weighted by Crippen LogP contribution is -2.57. The second-order valence-corrected chi connectivity index (χ2v) is 13.2. The molecule has 1 saturated heterocycles. The average molecular weight is 647 g/mol. The molecule has 0 aliphatic carbocycles. The van der Waals surface area contributed by atoms with Crippen LogP contribution in [0.5, 0.6) is 17.2 Å². The average Bonchev–Trinajstić information content (AvgIpc) is 3.05. The van der Waals surface area contributed by atoms with Gasteiger partial charge in [-0.25, -0.2) is 4.79 Å². The number of carbonyl (C=O) groups is 2. The molecule has 9 nitrogen and oxygen atoms in total. The van der Waals surface area contributed by atoms with Crippen molar-refractivity contribution in [1.29, 1.82) is 0 Å². The lowest BCUT2D eigenvalue weighted by atomic mass is 9.92. The number of piperidine rings is 1.